The Morgan fingerprint density at radius 3 is 2.63 bits per heavy atom. The zero-order chi connectivity index (χ0) is 21.3. The molecule has 0 aliphatic carbocycles. The van der Waals surface area contributed by atoms with E-state index in [4.69, 9.17) is 9.47 Å². The molecule has 0 aliphatic heterocycles. The molecule has 158 valence electrons. The molecule has 0 spiro atoms. The number of rotatable bonds is 10. The van der Waals surface area contributed by atoms with Crippen LogP contribution in [0.3, 0.4) is 0 Å². The largest absolute Gasteiger partial charge is 0.496 e. The van der Waals surface area contributed by atoms with E-state index in [1.54, 1.807) is 19.6 Å². The Balaban J connectivity index is 1.68. The lowest BCUT2D eigenvalue weighted by atomic mass is 9.98. The zero-order valence-electron chi connectivity index (χ0n) is 18.0. The molecule has 1 atom stereocenters. The van der Waals surface area contributed by atoms with Gasteiger partial charge >= 0.3 is 0 Å². The van der Waals surface area contributed by atoms with E-state index < -0.39 is 0 Å². The van der Waals surface area contributed by atoms with Gasteiger partial charge in [0, 0.05) is 42.9 Å². The van der Waals surface area contributed by atoms with Crippen LogP contribution in [0.5, 0.6) is 11.6 Å². The van der Waals surface area contributed by atoms with E-state index in [0.717, 1.165) is 41.5 Å². The topological polar surface area (TPSA) is 81.2 Å². The van der Waals surface area contributed by atoms with Crippen molar-refractivity contribution in [2.24, 2.45) is 0 Å². The van der Waals surface area contributed by atoms with Gasteiger partial charge in [0.2, 0.25) is 5.88 Å². The van der Waals surface area contributed by atoms with Gasteiger partial charge in [0.05, 0.1) is 19.4 Å². The van der Waals surface area contributed by atoms with E-state index in [0.29, 0.717) is 12.5 Å². The van der Waals surface area contributed by atoms with Gasteiger partial charge in [-0.2, -0.15) is 0 Å². The molecule has 2 N–H and O–H groups in total. The third-order valence-electron chi connectivity index (χ3n) is 4.79. The lowest BCUT2D eigenvalue weighted by molar-refractivity contribution is 0.327. The maximum Gasteiger partial charge on any atom is 0.213 e. The highest BCUT2D eigenvalue weighted by atomic mass is 16.5. The number of methoxy groups -OCH3 is 1. The summed E-state index contributed by atoms with van der Waals surface area (Å²) in [6.45, 7) is 6.23. The number of aromatic nitrogens is 3. The second kappa shape index (κ2) is 10.5. The van der Waals surface area contributed by atoms with Crippen molar-refractivity contribution in [2.45, 2.75) is 26.3 Å². The monoisotopic (exact) mass is 407 g/mol. The van der Waals surface area contributed by atoms with Crippen LogP contribution in [0.4, 0.5) is 5.82 Å². The first kappa shape index (κ1) is 21.5. The summed E-state index contributed by atoms with van der Waals surface area (Å²) in [4.78, 5) is 13.0. The highest BCUT2D eigenvalue weighted by Crippen LogP contribution is 2.28. The van der Waals surface area contributed by atoms with Crippen LogP contribution in [0.15, 0.2) is 48.9 Å². The first-order valence-electron chi connectivity index (χ1n) is 10.1. The van der Waals surface area contributed by atoms with E-state index in [1.807, 2.05) is 32.2 Å². The summed E-state index contributed by atoms with van der Waals surface area (Å²) in [5.74, 6) is 2.53. The molecule has 0 radical (unpaired) electrons. The average molecular weight is 408 g/mol. The fourth-order valence-electron chi connectivity index (χ4n) is 3.22. The fourth-order valence-corrected chi connectivity index (χ4v) is 3.22. The standard InChI is InChI=1S/C23H29N5O2/c1-5-30-23-9-7-18(14-26-23)20-11-22(28-15-27-20)25-12-16(2)19-8-6-17(13-24-3)10-21(19)29-4/h6-11,14-16,24H,5,12-13H2,1-4H3,(H,25,27,28). The average Bonchev–Trinajstić information content (AvgIpc) is 2.78. The molecule has 7 nitrogen and oxygen atoms in total. The maximum absolute atomic E-state index is 5.61. The van der Waals surface area contributed by atoms with Crippen molar-refractivity contribution >= 4 is 5.82 Å². The minimum atomic E-state index is 0.245. The summed E-state index contributed by atoms with van der Waals surface area (Å²) < 4.78 is 11.0. The smallest absolute Gasteiger partial charge is 0.213 e. The van der Waals surface area contributed by atoms with Gasteiger partial charge in [0.25, 0.3) is 0 Å². The second-order valence-electron chi connectivity index (χ2n) is 7.00. The lowest BCUT2D eigenvalue weighted by Gasteiger charge is -2.18. The molecule has 0 aliphatic rings. The summed E-state index contributed by atoms with van der Waals surface area (Å²) in [6, 6.07) is 12.1. The van der Waals surface area contributed by atoms with Crippen LogP contribution in [0.2, 0.25) is 0 Å². The van der Waals surface area contributed by atoms with Gasteiger partial charge < -0.3 is 20.1 Å². The number of nitrogens with one attached hydrogen (secondary N) is 2. The van der Waals surface area contributed by atoms with Gasteiger partial charge in [-0.15, -0.1) is 0 Å². The summed E-state index contributed by atoms with van der Waals surface area (Å²) in [7, 11) is 3.65. The van der Waals surface area contributed by atoms with Crippen molar-refractivity contribution in [1.82, 2.24) is 20.3 Å². The maximum atomic E-state index is 5.61. The van der Waals surface area contributed by atoms with Crippen molar-refractivity contribution < 1.29 is 9.47 Å². The van der Waals surface area contributed by atoms with Crippen molar-refractivity contribution in [3.8, 4) is 22.9 Å². The zero-order valence-corrected chi connectivity index (χ0v) is 18.0. The Labute approximate surface area is 177 Å². The quantitative estimate of drug-likeness (QED) is 0.528. The molecular weight excluding hydrogens is 378 g/mol. The van der Waals surface area contributed by atoms with Crippen LogP contribution in [-0.4, -0.2) is 42.3 Å². The fraction of sp³-hybridized carbons (Fsp3) is 0.348. The van der Waals surface area contributed by atoms with E-state index in [9.17, 15) is 0 Å². The van der Waals surface area contributed by atoms with Crippen LogP contribution in [-0.2, 0) is 6.54 Å². The Bertz CT molecular complexity index is 947. The summed E-state index contributed by atoms with van der Waals surface area (Å²) in [5, 5.41) is 6.58. The first-order valence-corrected chi connectivity index (χ1v) is 10.1. The molecule has 30 heavy (non-hydrogen) atoms. The van der Waals surface area contributed by atoms with Crippen LogP contribution >= 0.6 is 0 Å². The van der Waals surface area contributed by atoms with Gasteiger partial charge in [-0.1, -0.05) is 19.1 Å². The van der Waals surface area contributed by atoms with Crippen LogP contribution in [0, 0.1) is 0 Å². The predicted molar refractivity (Wildman–Crippen MR) is 119 cm³/mol. The van der Waals surface area contributed by atoms with Crippen LogP contribution < -0.4 is 20.1 Å². The molecule has 1 unspecified atom stereocenters. The van der Waals surface area contributed by atoms with Gasteiger partial charge in [-0.25, -0.2) is 15.0 Å². The Morgan fingerprint density at radius 1 is 1.07 bits per heavy atom. The number of hydrogen-bond donors (Lipinski definition) is 2. The molecule has 0 saturated carbocycles. The molecule has 0 bridgehead atoms. The normalized spacial score (nSPS) is 11.7. The van der Waals surface area contributed by atoms with Gasteiger partial charge in [-0.3, -0.25) is 0 Å². The van der Waals surface area contributed by atoms with Crippen molar-refractivity contribution in [1.29, 1.82) is 0 Å². The van der Waals surface area contributed by atoms with Gasteiger partial charge in [0.1, 0.15) is 17.9 Å². The summed E-state index contributed by atoms with van der Waals surface area (Å²) in [5.41, 5.74) is 4.08. The summed E-state index contributed by atoms with van der Waals surface area (Å²) >= 11 is 0. The number of benzene rings is 1. The third-order valence-corrected chi connectivity index (χ3v) is 4.79. The Morgan fingerprint density at radius 2 is 1.93 bits per heavy atom. The van der Waals surface area contributed by atoms with E-state index in [2.05, 4.69) is 50.7 Å². The minimum absolute atomic E-state index is 0.245. The predicted octanol–water partition coefficient (Wildman–Crippen LogP) is 3.88. The molecular formula is C23H29N5O2. The molecule has 2 heterocycles. The highest BCUT2D eigenvalue weighted by Gasteiger charge is 2.13. The molecule has 3 rings (SSSR count). The number of hydrogen-bond acceptors (Lipinski definition) is 7. The van der Waals surface area contributed by atoms with E-state index >= 15 is 0 Å². The van der Waals surface area contributed by atoms with Gasteiger partial charge in [-0.05, 0) is 37.2 Å². The molecule has 0 saturated heterocycles. The van der Waals surface area contributed by atoms with Crippen molar-refractivity contribution in [2.75, 3.05) is 32.6 Å². The van der Waals surface area contributed by atoms with Gasteiger partial charge in [0.15, 0.2) is 0 Å². The molecule has 3 aromatic rings. The van der Waals surface area contributed by atoms with E-state index in [1.165, 1.54) is 5.56 Å². The van der Waals surface area contributed by atoms with Crippen LogP contribution in [0.25, 0.3) is 11.3 Å². The lowest BCUT2D eigenvalue weighted by Crippen LogP contribution is -2.12. The van der Waals surface area contributed by atoms with Crippen molar-refractivity contribution in [3.63, 3.8) is 0 Å². The minimum Gasteiger partial charge on any atom is -0.496 e. The van der Waals surface area contributed by atoms with E-state index in [-0.39, 0.29) is 5.92 Å². The number of ether oxygens (including phenoxy) is 2. The third kappa shape index (κ3) is 5.45. The summed E-state index contributed by atoms with van der Waals surface area (Å²) in [6.07, 6.45) is 3.32. The molecule has 2 aromatic heterocycles. The number of anilines is 1. The SMILES string of the molecule is CCOc1ccc(-c2cc(NCC(C)c3ccc(CNC)cc3OC)ncn2)cn1. The highest BCUT2D eigenvalue weighted by molar-refractivity contribution is 5.61. The number of pyridine rings is 1. The molecule has 0 fully saturated rings. The first-order chi connectivity index (χ1) is 14.6. The molecule has 0 amide bonds. The number of nitrogens with zero attached hydrogens (tertiary/aromatic N) is 3. The second-order valence-corrected chi connectivity index (χ2v) is 7.00. The molecule has 7 heteroatoms. The Kier molecular flexibility index (Phi) is 7.57. The van der Waals surface area contributed by atoms with Crippen molar-refractivity contribution in [3.05, 3.63) is 60.0 Å². The molecule has 1 aromatic carbocycles. The Hall–Kier alpha value is -3.19. The van der Waals surface area contributed by atoms with Crippen LogP contribution in [0.1, 0.15) is 30.9 Å².